The van der Waals surface area contributed by atoms with Crippen LogP contribution in [0.5, 0.6) is 0 Å². The first-order chi connectivity index (χ1) is 19.6. The Balaban J connectivity index is 1.37. The average molecular weight is 576 g/mol. The maximum absolute atomic E-state index is 13.0. The minimum atomic E-state index is -1.09. The van der Waals surface area contributed by atoms with Gasteiger partial charge >= 0.3 is 18.0 Å². The highest BCUT2D eigenvalue weighted by molar-refractivity contribution is 6.30. The number of hydrogen-bond donors (Lipinski definition) is 3. The van der Waals surface area contributed by atoms with Gasteiger partial charge in [-0.2, -0.15) is 0 Å². The molecule has 41 heavy (non-hydrogen) atoms. The van der Waals surface area contributed by atoms with Crippen molar-refractivity contribution in [2.45, 2.75) is 19.4 Å². The Labute approximate surface area is 242 Å². The van der Waals surface area contributed by atoms with Crippen LogP contribution in [0.1, 0.15) is 35.3 Å². The molecule has 4 rings (SSSR count). The molecule has 2 atom stereocenters. The van der Waals surface area contributed by atoms with E-state index in [1.807, 2.05) is 18.2 Å². The summed E-state index contributed by atoms with van der Waals surface area (Å²) in [5.41, 5.74) is 2.44. The topological polar surface area (TPSA) is 131 Å². The van der Waals surface area contributed by atoms with Gasteiger partial charge in [0, 0.05) is 47.8 Å². The number of amides is 5. The van der Waals surface area contributed by atoms with Crippen LogP contribution in [0.2, 0.25) is 5.02 Å². The van der Waals surface area contributed by atoms with Crippen molar-refractivity contribution in [3.05, 3.63) is 95.0 Å². The number of benzene rings is 3. The van der Waals surface area contributed by atoms with E-state index in [2.05, 4.69) is 15.6 Å². The lowest BCUT2D eigenvalue weighted by atomic mass is 9.87. The highest BCUT2D eigenvalue weighted by Gasteiger charge is 2.42. The number of nitrogens with zero attached hydrogens (tertiary/aromatic N) is 3. The molecule has 1 aliphatic rings. The predicted molar refractivity (Wildman–Crippen MR) is 158 cm³/mol. The van der Waals surface area contributed by atoms with Crippen LogP contribution >= 0.6 is 11.6 Å². The lowest BCUT2D eigenvalue weighted by Gasteiger charge is -2.38. The molecule has 0 aromatic heterocycles. The number of aliphatic carboxylic acids is 1. The first kappa shape index (κ1) is 29.3. The normalized spacial score (nSPS) is 16.5. The van der Waals surface area contributed by atoms with Crippen molar-refractivity contribution in [1.29, 1.82) is 0 Å². The number of anilines is 2. The van der Waals surface area contributed by atoms with E-state index < -0.39 is 30.0 Å². The molecule has 5 amide bonds. The van der Waals surface area contributed by atoms with Crippen LogP contribution in [0.15, 0.2) is 83.9 Å². The van der Waals surface area contributed by atoms with Gasteiger partial charge in [-0.3, -0.25) is 9.59 Å². The van der Waals surface area contributed by atoms with Gasteiger partial charge in [-0.05, 0) is 67.4 Å². The van der Waals surface area contributed by atoms with Crippen LogP contribution in [0.3, 0.4) is 0 Å². The summed E-state index contributed by atoms with van der Waals surface area (Å²) in [6.45, 7) is 2.03. The van der Waals surface area contributed by atoms with E-state index in [1.165, 1.54) is 16.7 Å². The number of para-hydroxylation sites is 1. The Morgan fingerprint density at radius 2 is 1.63 bits per heavy atom. The summed E-state index contributed by atoms with van der Waals surface area (Å²) in [6, 6.07) is 20.6. The summed E-state index contributed by atoms with van der Waals surface area (Å²) < 4.78 is 0. The van der Waals surface area contributed by atoms with Gasteiger partial charge in [0.25, 0.3) is 5.91 Å². The number of urea groups is 2. The zero-order chi connectivity index (χ0) is 29.5. The summed E-state index contributed by atoms with van der Waals surface area (Å²) in [4.78, 5) is 57.2. The van der Waals surface area contributed by atoms with Crippen molar-refractivity contribution in [1.82, 2.24) is 9.80 Å². The van der Waals surface area contributed by atoms with Gasteiger partial charge in [-0.1, -0.05) is 41.9 Å². The SMILES string of the molecule is CC1=NC(=O)N(CCCN(C)C(=O)c2ccc(NC(=O)Nc3ccccc3)cc2)C(c2cccc(Cl)c2)C1C(=O)O. The second-order valence-corrected chi connectivity index (χ2v) is 10.1. The maximum atomic E-state index is 13.0. The third-order valence-electron chi connectivity index (χ3n) is 6.74. The van der Waals surface area contributed by atoms with Crippen LogP contribution in [-0.2, 0) is 4.79 Å². The van der Waals surface area contributed by atoms with E-state index in [9.17, 15) is 24.3 Å². The zero-order valence-corrected chi connectivity index (χ0v) is 23.3. The fraction of sp³-hybridized carbons (Fsp3) is 0.233. The molecule has 212 valence electrons. The fourth-order valence-electron chi connectivity index (χ4n) is 4.73. The number of carboxylic acids is 1. The Bertz CT molecular complexity index is 1460. The number of nitrogens with one attached hydrogen (secondary N) is 2. The Morgan fingerprint density at radius 3 is 2.27 bits per heavy atom. The minimum absolute atomic E-state index is 0.188. The van der Waals surface area contributed by atoms with Gasteiger partial charge in [0.05, 0.1) is 6.04 Å². The molecule has 1 heterocycles. The van der Waals surface area contributed by atoms with Gasteiger partial charge in [0.15, 0.2) is 0 Å². The van der Waals surface area contributed by atoms with E-state index >= 15 is 0 Å². The van der Waals surface area contributed by atoms with E-state index in [1.54, 1.807) is 67.7 Å². The van der Waals surface area contributed by atoms with Crippen LogP contribution < -0.4 is 10.6 Å². The van der Waals surface area contributed by atoms with Crippen LogP contribution in [0.4, 0.5) is 21.0 Å². The molecule has 1 aliphatic heterocycles. The summed E-state index contributed by atoms with van der Waals surface area (Å²) >= 11 is 6.17. The molecular weight excluding hydrogens is 546 g/mol. The van der Waals surface area contributed by atoms with Crippen molar-refractivity contribution in [3.8, 4) is 0 Å². The fourth-order valence-corrected chi connectivity index (χ4v) is 4.93. The largest absolute Gasteiger partial charge is 0.481 e. The molecule has 0 fully saturated rings. The van der Waals surface area contributed by atoms with Crippen molar-refractivity contribution >= 4 is 52.6 Å². The molecule has 3 N–H and O–H groups in total. The second kappa shape index (κ2) is 13.1. The van der Waals surface area contributed by atoms with Crippen LogP contribution in [-0.4, -0.2) is 64.7 Å². The first-order valence-corrected chi connectivity index (χ1v) is 13.3. The summed E-state index contributed by atoms with van der Waals surface area (Å²) in [5, 5.41) is 15.8. The molecule has 0 saturated carbocycles. The van der Waals surface area contributed by atoms with Crippen molar-refractivity contribution < 1.29 is 24.3 Å². The Hall–Kier alpha value is -4.70. The molecule has 0 aliphatic carbocycles. The van der Waals surface area contributed by atoms with Gasteiger partial charge in [0.1, 0.15) is 5.92 Å². The molecule has 10 nitrogen and oxygen atoms in total. The second-order valence-electron chi connectivity index (χ2n) is 9.65. The van der Waals surface area contributed by atoms with E-state index in [0.29, 0.717) is 40.5 Å². The summed E-state index contributed by atoms with van der Waals surface area (Å²) in [7, 11) is 1.65. The smallest absolute Gasteiger partial charge is 0.344 e. The molecule has 0 bridgehead atoms. The van der Waals surface area contributed by atoms with Crippen molar-refractivity contribution in [2.75, 3.05) is 30.8 Å². The first-order valence-electron chi connectivity index (χ1n) is 13.0. The number of hydrogen-bond acceptors (Lipinski definition) is 4. The number of rotatable bonds is 9. The number of carbonyl (C=O) groups excluding carboxylic acids is 3. The van der Waals surface area contributed by atoms with Crippen molar-refractivity contribution in [3.63, 3.8) is 0 Å². The quantitative estimate of drug-likeness (QED) is 0.297. The van der Waals surface area contributed by atoms with Crippen molar-refractivity contribution in [2.24, 2.45) is 10.9 Å². The number of carboxylic acid groups (broad SMARTS) is 1. The minimum Gasteiger partial charge on any atom is -0.481 e. The lowest BCUT2D eigenvalue weighted by Crippen LogP contribution is -2.47. The highest BCUT2D eigenvalue weighted by atomic mass is 35.5. The van der Waals surface area contributed by atoms with E-state index in [4.69, 9.17) is 11.6 Å². The standard InChI is InChI=1S/C30H30ClN5O5/c1-19-25(28(38)39)26(21-8-6-9-22(31)18-21)36(30(41)32-19)17-7-16-35(2)27(37)20-12-14-24(15-13-20)34-29(40)33-23-10-4-3-5-11-23/h3-6,8-15,18,25-26H,7,16-17H2,1-2H3,(H,38,39)(H2,33,34,40). The molecular formula is C30H30ClN5O5. The molecule has 0 spiro atoms. The molecule has 11 heteroatoms. The molecule has 0 saturated heterocycles. The highest BCUT2D eigenvalue weighted by Crippen LogP contribution is 2.35. The van der Waals surface area contributed by atoms with Crippen LogP contribution in [0.25, 0.3) is 0 Å². The van der Waals surface area contributed by atoms with Gasteiger partial charge in [0.2, 0.25) is 0 Å². The van der Waals surface area contributed by atoms with Gasteiger partial charge in [-0.15, -0.1) is 0 Å². The molecule has 2 unspecified atom stereocenters. The predicted octanol–water partition coefficient (Wildman–Crippen LogP) is 5.78. The lowest BCUT2D eigenvalue weighted by molar-refractivity contribution is -0.141. The van der Waals surface area contributed by atoms with E-state index in [0.717, 1.165) is 0 Å². The van der Waals surface area contributed by atoms with Gasteiger partial charge < -0.3 is 25.5 Å². The third-order valence-corrected chi connectivity index (χ3v) is 6.97. The summed E-state index contributed by atoms with van der Waals surface area (Å²) in [5.74, 6) is -2.34. The average Bonchev–Trinajstić information content (AvgIpc) is 2.94. The van der Waals surface area contributed by atoms with Crippen LogP contribution in [0, 0.1) is 5.92 Å². The number of halogens is 1. The zero-order valence-electron chi connectivity index (χ0n) is 22.6. The third kappa shape index (κ3) is 7.29. The molecule has 0 radical (unpaired) electrons. The van der Waals surface area contributed by atoms with Gasteiger partial charge in [-0.25, -0.2) is 14.6 Å². The number of carbonyl (C=O) groups is 4. The number of aliphatic imine (C=N–C) groups is 1. The molecule has 3 aromatic rings. The summed E-state index contributed by atoms with van der Waals surface area (Å²) in [6.07, 6.45) is 0.394. The monoisotopic (exact) mass is 575 g/mol. The Morgan fingerprint density at radius 1 is 0.976 bits per heavy atom. The van der Waals surface area contributed by atoms with E-state index in [-0.39, 0.29) is 18.2 Å². The molecule has 3 aromatic carbocycles. The Kier molecular flexibility index (Phi) is 9.36. The maximum Gasteiger partial charge on any atom is 0.344 e.